The Labute approximate surface area is 156 Å². The Bertz CT molecular complexity index is 852. The smallest absolute Gasteiger partial charge is 0.243 e. The first-order chi connectivity index (χ1) is 12.0. The van der Waals surface area contributed by atoms with Crippen molar-refractivity contribution in [2.45, 2.75) is 23.8 Å². The molecule has 3 rings (SSSR count). The van der Waals surface area contributed by atoms with E-state index in [0.717, 1.165) is 22.9 Å². The van der Waals surface area contributed by atoms with Crippen molar-refractivity contribution in [3.05, 3.63) is 52.5 Å². The predicted octanol–water partition coefficient (Wildman–Crippen LogP) is 3.99. The summed E-state index contributed by atoms with van der Waals surface area (Å²) in [5, 5.41) is 0. The minimum absolute atomic E-state index is 0.241. The number of rotatable bonds is 5. The highest BCUT2D eigenvalue weighted by molar-refractivity contribution is 9.10. The van der Waals surface area contributed by atoms with Crippen molar-refractivity contribution in [3.63, 3.8) is 0 Å². The summed E-state index contributed by atoms with van der Waals surface area (Å²) in [6, 6.07) is 12.0. The van der Waals surface area contributed by atoms with E-state index in [4.69, 9.17) is 9.47 Å². The Morgan fingerprint density at radius 3 is 2.44 bits per heavy atom. The standard InChI is InChI=1S/C18H20BrNO4S/c1-23-14-7-10-16(18(12-14)24-2)17-4-3-11-20(17)25(21,22)15-8-5-13(19)6-9-15/h5-10,12,17H,3-4,11H2,1-2H3/t17-/m0/s1. The lowest BCUT2D eigenvalue weighted by Crippen LogP contribution is -2.30. The van der Waals surface area contributed by atoms with Crippen molar-refractivity contribution in [3.8, 4) is 11.5 Å². The molecule has 1 fully saturated rings. The van der Waals surface area contributed by atoms with E-state index in [9.17, 15) is 8.42 Å². The van der Waals surface area contributed by atoms with Crippen LogP contribution in [0.5, 0.6) is 11.5 Å². The van der Waals surface area contributed by atoms with Crippen molar-refractivity contribution in [2.75, 3.05) is 20.8 Å². The van der Waals surface area contributed by atoms with Gasteiger partial charge in [-0.25, -0.2) is 8.42 Å². The third-order valence-electron chi connectivity index (χ3n) is 4.42. The van der Waals surface area contributed by atoms with E-state index < -0.39 is 10.0 Å². The van der Waals surface area contributed by atoms with Crippen LogP contribution in [0, 0.1) is 0 Å². The molecule has 1 aliphatic rings. The first-order valence-electron chi connectivity index (χ1n) is 7.96. The normalized spacial score (nSPS) is 18.3. The molecule has 134 valence electrons. The SMILES string of the molecule is COc1ccc([C@@H]2CCCN2S(=O)(=O)c2ccc(Br)cc2)c(OC)c1. The summed E-state index contributed by atoms with van der Waals surface area (Å²) in [4.78, 5) is 0.301. The van der Waals surface area contributed by atoms with Gasteiger partial charge in [-0.15, -0.1) is 0 Å². The molecule has 0 aliphatic carbocycles. The van der Waals surface area contributed by atoms with Crippen LogP contribution in [-0.2, 0) is 10.0 Å². The lowest BCUT2D eigenvalue weighted by atomic mass is 10.0. The molecule has 1 atom stereocenters. The van der Waals surface area contributed by atoms with Gasteiger partial charge in [-0.1, -0.05) is 22.0 Å². The maximum Gasteiger partial charge on any atom is 0.243 e. The van der Waals surface area contributed by atoms with Gasteiger partial charge in [0.2, 0.25) is 10.0 Å². The van der Waals surface area contributed by atoms with Gasteiger partial charge in [-0.05, 0) is 43.2 Å². The third kappa shape index (κ3) is 3.54. The van der Waals surface area contributed by atoms with Gasteiger partial charge >= 0.3 is 0 Å². The number of hydrogen-bond acceptors (Lipinski definition) is 4. The van der Waals surface area contributed by atoms with E-state index >= 15 is 0 Å². The second-order valence-electron chi connectivity index (χ2n) is 5.84. The second kappa shape index (κ2) is 7.35. The molecule has 5 nitrogen and oxygen atoms in total. The Morgan fingerprint density at radius 2 is 1.80 bits per heavy atom. The molecule has 25 heavy (non-hydrogen) atoms. The summed E-state index contributed by atoms with van der Waals surface area (Å²) < 4.78 is 39.3. The molecule has 0 bridgehead atoms. The predicted molar refractivity (Wildman–Crippen MR) is 99.6 cm³/mol. The highest BCUT2D eigenvalue weighted by atomic mass is 79.9. The van der Waals surface area contributed by atoms with Gasteiger partial charge in [-0.2, -0.15) is 4.31 Å². The summed E-state index contributed by atoms with van der Waals surface area (Å²) in [6.07, 6.45) is 1.58. The topological polar surface area (TPSA) is 55.8 Å². The minimum atomic E-state index is -3.57. The van der Waals surface area contributed by atoms with Crippen LogP contribution in [0.4, 0.5) is 0 Å². The molecule has 1 heterocycles. The summed E-state index contributed by atoms with van der Waals surface area (Å²) in [7, 11) is -0.392. The lowest BCUT2D eigenvalue weighted by Gasteiger charge is -2.26. The molecular formula is C18H20BrNO4S. The zero-order valence-corrected chi connectivity index (χ0v) is 16.5. The van der Waals surface area contributed by atoms with Gasteiger partial charge in [0, 0.05) is 22.6 Å². The first kappa shape index (κ1) is 18.2. The first-order valence-corrected chi connectivity index (χ1v) is 10.2. The van der Waals surface area contributed by atoms with Crippen molar-refractivity contribution in [1.82, 2.24) is 4.31 Å². The molecule has 0 unspecified atom stereocenters. The van der Waals surface area contributed by atoms with Gasteiger partial charge in [0.15, 0.2) is 0 Å². The van der Waals surface area contributed by atoms with E-state index in [1.54, 1.807) is 48.9 Å². The zero-order valence-electron chi connectivity index (χ0n) is 14.1. The fourth-order valence-electron chi connectivity index (χ4n) is 3.17. The average Bonchev–Trinajstić information content (AvgIpc) is 3.12. The number of nitrogens with zero attached hydrogens (tertiary/aromatic N) is 1. The minimum Gasteiger partial charge on any atom is -0.497 e. The van der Waals surface area contributed by atoms with Crippen LogP contribution in [0.2, 0.25) is 0 Å². The van der Waals surface area contributed by atoms with Crippen LogP contribution >= 0.6 is 15.9 Å². The van der Waals surface area contributed by atoms with Gasteiger partial charge in [0.1, 0.15) is 11.5 Å². The molecule has 1 aliphatic heterocycles. The lowest BCUT2D eigenvalue weighted by molar-refractivity contribution is 0.361. The summed E-state index contributed by atoms with van der Waals surface area (Å²) in [5.74, 6) is 1.32. The van der Waals surface area contributed by atoms with Crippen LogP contribution in [0.25, 0.3) is 0 Å². The Kier molecular flexibility index (Phi) is 5.36. The monoisotopic (exact) mass is 425 g/mol. The molecule has 7 heteroatoms. The molecular weight excluding hydrogens is 406 g/mol. The van der Waals surface area contributed by atoms with Crippen LogP contribution in [-0.4, -0.2) is 33.5 Å². The zero-order chi connectivity index (χ0) is 18.0. The molecule has 0 saturated carbocycles. The largest absolute Gasteiger partial charge is 0.497 e. The van der Waals surface area contributed by atoms with Gasteiger partial charge in [0.25, 0.3) is 0 Å². The quantitative estimate of drug-likeness (QED) is 0.726. The number of halogens is 1. The molecule has 2 aromatic rings. The summed E-state index contributed by atoms with van der Waals surface area (Å²) in [5.41, 5.74) is 0.862. The Hall–Kier alpha value is -1.57. The van der Waals surface area contributed by atoms with Crippen LogP contribution in [0.3, 0.4) is 0 Å². The van der Waals surface area contributed by atoms with Crippen molar-refractivity contribution >= 4 is 26.0 Å². The maximum absolute atomic E-state index is 13.1. The number of sulfonamides is 1. The molecule has 0 amide bonds. The number of methoxy groups -OCH3 is 2. The number of ether oxygens (including phenoxy) is 2. The van der Waals surface area contributed by atoms with E-state index in [2.05, 4.69) is 15.9 Å². The molecule has 0 spiro atoms. The van der Waals surface area contributed by atoms with E-state index in [-0.39, 0.29) is 6.04 Å². The van der Waals surface area contributed by atoms with Crippen LogP contribution < -0.4 is 9.47 Å². The van der Waals surface area contributed by atoms with Crippen molar-refractivity contribution < 1.29 is 17.9 Å². The van der Waals surface area contributed by atoms with E-state index in [1.807, 2.05) is 12.1 Å². The highest BCUT2D eigenvalue weighted by Crippen LogP contribution is 2.41. The van der Waals surface area contributed by atoms with E-state index in [0.29, 0.717) is 22.9 Å². The van der Waals surface area contributed by atoms with E-state index in [1.165, 1.54) is 0 Å². The Morgan fingerprint density at radius 1 is 1.08 bits per heavy atom. The second-order valence-corrected chi connectivity index (χ2v) is 8.64. The van der Waals surface area contributed by atoms with Gasteiger partial charge < -0.3 is 9.47 Å². The molecule has 1 saturated heterocycles. The molecule has 0 N–H and O–H groups in total. The fraction of sp³-hybridized carbons (Fsp3) is 0.333. The Balaban J connectivity index is 1.99. The average molecular weight is 426 g/mol. The van der Waals surface area contributed by atoms with Crippen LogP contribution in [0.15, 0.2) is 51.8 Å². The number of benzene rings is 2. The maximum atomic E-state index is 13.1. The third-order valence-corrected chi connectivity index (χ3v) is 6.87. The van der Waals surface area contributed by atoms with Crippen molar-refractivity contribution in [2.24, 2.45) is 0 Å². The molecule has 0 aromatic heterocycles. The number of hydrogen-bond donors (Lipinski definition) is 0. The van der Waals surface area contributed by atoms with Gasteiger partial charge in [-0.3, -0.25) is 0 Å². The summed E-state index contributed by atoms with van der Waals surface area (Å²) in [6.45, 7) is 0.498. The highest BCUT2D eigenvalue weighted by Gasteiger charge is 2.37. The van der Waals surface area contributed by atoms with Crippen LogP contribution in [0.1, 0.15) is 24.4 Å². The van der Waals surface area contributed by atoms with Crippen molar-refractivity contribution in [1.29, 1.82) is 0 Å². The summed E-state index contributed by atoms with van der Waals surface area (Å²) >= 11 is 3.34. The molecule has 0 radical (unpaired) electrons. The fourth-order valence-corrected chi connectivity index (χ4v) is 5.11. The van der Waals surface area contributed by atoms with Gasteiger partial charge in [0.05, 0.1) is 25.2 Å². The molecule has 2 aromatic carbocycles.